The Bertz CT molecular complexity index is 764. The quantitative estimate of drug-likeness (QED) is 0.776. The molecular weight excluding hydrogens is 350 g/mol. The fourth-order valence-corrected chi connectivity index (χ4v) is 4.55. The summed E-state index contributed by atoms with van der Waals surface area (Å²) in [5, 5.41) is 14.0. The van der Waals surface area contributed by atoms with Crippen LogP contribution in [0, 0.1) is 5.92 Å². The lowest BCUT2D eigenvalue weighted by Crippen LogP contribution is -2.47. The molecule has 2 heterocycles. The number of hydrogen-bond acceptors (Lipinski definition) is 4. The van der Waals surface area contributed by atoms with Crippen molar-refractivity contribution in [3.63, 3.8) is 0 Å². The molecule has 0 radical (unpaired) electrons. The van der Waals surface area contributed by atoms with E-state index in [1.165, 1.54) is 24.0 Å². The number of aliphatic hydroxyl groups is 1. The number of benzene rings is 1. The second-order valence-corrected chi connectivity index (χ2v) is 8.13. The average Bonchev–Trinajstić information content (AvgIpc) is 3.36. The maximum absolute atomic E-state index is 12.8. The number of carbonyl (C=O) groups is 1. The van der Waals surface area contributed by atoms with Crippen molar-refractivity contribution in [1.29, 1.82) is 0 Å². The normalized spacial score (nSPS) is 19.3. The molecule has 2 atom stereocenters. The fraction of sp³-hybridized carbons (Fsp3) is 0.478. The molecule has 1 aromatic heterocycles. The van der Waals surface area contributed by atoms with Crippen LogP contribution in [-0.4, -0.2) is 46.6 Å². The SMILES string of the molecule is O=C(CC1Cc2ccccc2C1)NC(CN1CCCC1)C(O)c1ccccn1. The minimum absolute atomic E-state index is 0.0250. The molecule has 1 fully saturated rings. The van der Waals surface area contributed by atoms with Gasteiger partial charge in [-0.3, -0.25) is 9.78 Å². The molecule has 1 saturated heterocycles. The number of fused-ring (bicyclic) bond motifs is 1. The summed E-state index contributed by atoms with van der Waals surface area (Å²) in [5.41, 5.74) is 3.34. The summed E-state index contributed by atoms with van der Waals surface area (Å²) in [7, 11) is 0. The van der Waals surface area contributed by atoms with E-state index in [9.17, 15) is 9.90 Å². The van der Waals surface area contributed by atoms with Crippen LogP contribution in [0.4, 0.5) is 0 Å². The summed E-state index contributed by atoms with van der Waals surface area (Å²) in [6.07, 6.45) is 5.67. The van der Waals surface area contributed by atoms with Gasteiger partial charge in [0, 0.05) is 19.2 Å². The number of likely N-dealkylation sites (tertiary alicyclic amines) is 1. The lowest BCUT2D eigenvalue weighted by molar-refractivity contribution is -0.123. The number of nitrogens with one attached hydrogen (secondary N) is 1. The maximum atomic E-state index is 12.8. The monoisotopic (exact) mass is 379 g/mol. The third-order valence-corrected chi connectivity index (χ3v) is 5.98. The zero-order chi connectivity index (χ0) is 19.3. The van der Waals surface area contributed by atoms with Crippen LogP contribution in [-0.2, 0) is 17.6 Å². The first kappa shape index (κ1) is 19.1. The van der Waals surface area contributed by atoms with Crippen molar-refractivity contribution < 1.29 is 9.90 Å². The number of pyridine rings is 1. The zero-order valence-corrected chi connectivity index (χ0v) is 16.3. The number of aliphatic hydroxyl groups excluding tert-OH is 1. The largest absolute Gasteiger partial charge is 0.385 e. The van der Waals surface area contributed by atoms with Gasteiger partial charge in [-0.25, -0.2) is 0 Å². The summed E-state index contributed by atoms with van der Waals surface area (Å²) in [4.78, 5) is 19.4. The highest BCUT2D eigenvalue weighted by atomic mass is 16.3. The van der Waals surface area contributed by atoms with Gasteiger partial charge in [-0.1, -0.05) is 30.3 Å². The van der Waals surface area contributed by atoms with Gasteiger partial charge in [-0.2, -0.15) is 0 Å². The van der Waals surface area contributed by atoms with E-state index in [2.05, 4.69) is 39.5 Å². The summed E-state index contributed by atoms with van der Waals surface area (Å²) in [5.74, 6) is 0.369. The molecule has 2 aliphatic rings. The van der Waals surface area contributed by atoms with Crippen molar-refractivity contribution in [2.45, 2.75) is 44.2 Å². The van der Waals surface area contributed by atoms with Crippen LogP contribution in [0.5, 0.6) is 0 Å². The molecule has 148 valence electrons. The van der Waals surface area contributed by atoms with Crippen molar-refractivity contribution >= 4 is 5.91 Å². The van der Waals surface area contributed by atoms with Crippen LogP contribution >= 0.6 is 0 Å². The van der Waals surface area contributed by atoms with E-state index in [1.54, 1.807) is 6.20 Å². The Morgan fingerprint density at radius 3 is 2.43 bits per heavy atom. The van der Waals surface area contributed by atoms with Gasteiger partial charge in [0.15, 0.2) is 0 Å². The summed E-state index contributed by atoms with van der Waals surface area (Å²) in [6.45, 7) is 2.72. The standard InChI is InChI=1S/C23H29N3O2/c27-22(15-17-13-18-7-1-2-8-19(18)14-17)25-21(16-26-11-5-6-12-26)23(28)20-9-3-4-10-24-20/h1-4,7-10,17,21,23,28H,5-6,11-16H2,(H,25,27). The van der Waals surface area contributed by atoms with E-state index in [0.717, 1.165) is 25.9 Å². The Hall–Kier alpha value is -2.24. The molecule has 5 heteroatoms. The number of hydrogen-bond donors (Lipinski definition) is 2. The minimum atomic E-state index is -0.800. The average molecular weight is 380 g/mol. The topological polar surface area (TPSA) is 65.5 Å². The molecule has 2 unspecified atom stereocenters. The smallest absolute Gasteiger partial charge is 0.220 e. The van der Waals surface area contributed by atoms with Gasteiger partial charge >= 0.3 is 0 Å². The summed E-state index contributed by atoms with van der Waals surface area (Å²) in [6, 6.07) is 13.6. The van der Waals surface area contributed by atoms with Gasteiger partial charge in [-0.15, -0.1) is 0 Å². The van der Waals surface area contributed by atoms with Gasteiger partial charge in [-0.05, 0) is 68.0 Å². The van der Waals surface area contributed by atoms with Crippen LogP contribution < -0.4 is 5.32 Å². The molecular formula is C23H29N3O2. The number of rotatable bonds is 7. The first-order valence-corrected chi connectivity index (χ1v) is 10.4. The third kappa shape index (κ3) is 4.59. The predicted octanol–water partition coefficient (Wildman–Crippen LogP) is 2.50. The molecule has 1 aliphatic heterocycles. The van der Waals surface area contributed by atoms with Crippen molar-refractivity contribution in [2.24, 2.45) is 5.92 Å². The fourth-order valence-electron chi connectivity index (χ4n) is 4.55. The van der Waals surface area contributed by atoms with E-state index in [1.807, 2.05) is 18.2 Å². The lowest BCUT2D eigenvalue weighted by atomic mass is 10.0. The first-order chi connectivity index (χ1) is 13.7. The first-order valence-electron chi connectivity index (χ1n) is 10.4. The van der Waals surface area contributed by atoms with E-state index >= 15 is 0 Å². The molecule has 0 bridgehead atoms. The summed E-state index contributed by atoms with van der Waals surface area (Å²) < 4.78 is 0. The Morgan fingerprint density at radius 1 is 1.11 bits per heavy atom. The predicted molar refractivity (Wildman–Crippen MR) is 109 cm³/mol. The molecule has 1 aromatic carbocycles. The van der Waals surface area contributed by atoms with E-state index < -0.39 is 6.10 Å². The van der Waals surface area contributed by atoms with Crippen LogP contribution in [0.1, 0.15) is 42.2 Å². The summed E-state index contributed by atoms with van der Waals surface area (Å²) >= 11 is 0. The Balaban J connectivity index is 1.39. The number of amides is 1. The van der Waals surface area contributed by atoms with E-state index in [4.69, 9.17) is 0 Å². The highest BCUT2D eigenvalue weighted by molar-refractivity contribution is 5.76. The second kappa shape index (κ2) is 8.84. The molecule has 2 N–H and O–H groups in total. The van der Waals surface area contributed by atoms with Gasteiger partial charge in [0.2, 0.25) is 5.91 Å². The van der Waals surface area contributed by atoms with Gasteiger partial charge in [0.05, 0.1) is 11.7 Å². The van der Waals surface area contributed by atoms with Crippen molar-refractivity contribution in [3.05, 3.63) is 65.5 Å². The third-order valence-electron chi connectivity index (χ3n) is 5.98. The Kier molecular flexibility index (Phi) is 6.03. The maximum Gasteiger partial charge on any atom is 0.220 e. The zero-order valence-electron chi connectivity index (χ0n) is 16.3. The highest BCUT2D eigenvalue weighted by Crippen LogP contribution is 2.28. The minimum Gasteiger partial charge on any atom is -0.385 e. The lowest BCUT2D eigenvalue weighted by Gasteiger charge is -2.28. The Labute approximate surface area is 166 Å². The molecule has 0 spiro atoms. The molecule has 4 rings (SSSR count). The molecule has 0 saturated carbocycles. The molecule has 1 aliphatic carbocycles. The van der Waals surface area contributed by atoms with Crippen LogP contribution in [0.3, 0.4) is 0 Å². The van der Waals surface area contributed by atoms with Crippen molar-refractivity contribution in [3.8, 4) is 0 Å². The number of carbonyl (C=O) groups excluding carboxylic acids is 1. The van der Waals surface area contributed by atoms with Crippen LogP contribution in [0.25, 0.3) is 0 Å². The van der Waals surface area contributed by atoms with E-state index in [-0.39, 0.29) is 11.9 Å². The van der Waals surface area contributed by atoms with Gasteiger partial charge in [0.25, 0.3) is 0 Å². The van der Waals surface area contributed by atoms with Crippen molar-refractivity contribution in [2.75, 3.05) is 19.6 Å². The number of nitrogens with zero attached hydrogens (tertiary/aromatic N) is 2. The van der Waals surface area contributed by atoms with E-state index in [0.29, 0.717) is 24.6 Å². The highest BCUT2D eigenvalue weighted by Gasteiger charge is 2.29. The Morgan fingerprint density at radius 2 is 1.79 bits per heavy atom. The second-order valence-electron chi connectivity index (χ2n) is 8.13. The van der Waals surface area contributed by atoms with Gasteiger partial charge in [0.1, 0.15) is 6.10 Å². The van der Waals surface area contributed by atoms with Crippen LogP contribution in [0.15, 0.2) is 48.7 Å². The molecule has 28 heavy (non-hydrogen) atoms. The van der Waals surface area contributed by atoms with Gasteiger partial charge < -0.3 is 15.3 Å². The molecule has 1 amide bonds. The number of aromatic nitrogens is 1. The van der Waals surface area contributed by atoms with Crippen molar-refractivity contribution in [1.82, 2.24) is 15.2 Å². The molecule has 5 nitrogen and oxygen atoms in total. The molecule has 2 aromatic rings. The van der Waals surface area contributed by atoms with Crippen LogP contribution in [0.2, 0.25) is 0 Å².